The second-order valence-electron chi connectivity index (χ2n) is 3.94. The Balaban J connectivity index is 2.20. The number of benzene rings is 1. The monoisotopic (exact) mass is 241 g/mol. The van der Waals surface area contributed by atoms with Crippen molar-refractivity contribution in [3.63, 3.8) is 0 Å². The van der Waals surface area contributed by atoms with E-state index in [4.69, 9.17) is 0 Å². The zero-order valence-electron chi connectivity index (χ0n) is 9.33. The van der Waals surface area contributed by atoms with E-state index in [-0.39, 0.29) is 0 Å². The summed E-state index contributed by atoms with van der Waals surface area (Å²) in [6, 6.07) is 9.97. The van der Waals surface area contributed by atoms with Crippen molar-refractivity contribution in [2.75, 3.05) is 0 Å². The van der Waals surface area contributed by atoms with Gasteiger partial charge in [-0.05, 0) is 24.3 Å². The first-order valence-corrected chi connectivity index (χ1v) is 5.76. The highest BCUT2D eigenvalue weighted by Gasteiger charge is 2.04. The smallest absolute Gasteiger partial charge is 0.0741 e. The van der Waals surface area contributed by atoms with Gasteiger partial charge in [-0.1, -0.05) is 6.07 Å². The lowest BCUT2D eigenvalue weighted by molar-refractivity contribution is 0.768. The zero-order chi connectivity index (χ0) is 11.8. The SMILES string of the molecule is Cn1cc(-c2ccc3c(S)cccc3n2)cn1. The highest BCUT2D eigenvalue weighted by molar-refractivity contribution is 7.80. The molecule has 3 rings (SSSR count). The van der Waals surface area contributed by atoms with Gasteiger partial charge >= 0.3 is 0 Å². The summed E-state index contributed by atoms with van der Waals surface area (Å²) in [7, 11) is 1.90. The van der Waals surface area contributed by atoms with Gasteiger partial charge in [0.1, 0.15) is 0 Å². The van der Waals surface area contributed by atoms with Gasteiger partial charge in [0.05, 0.1) is 17.4 Å². The molecule has 0 bridgehead atoms. The van der Waals surface area contributed by atoms with E-state index < -0.39 is 0 Å². The summed E-state index contributed by atoms with van der Waals surface area (Å²) < 4.78 is 1.77. The number of hydrogen-bond acceptors (Lipinski definition) is 3. The molecule has 3 aromatic rings. The van der Waals surface area contributed by atoms with Gasteiger partial charge < -0.3 is 0 Å². The van der Waals surface area contributed by atoms with Crippen LogP contribution in [0.1, 0.15) is 0 Å². The lowest BCUT2D eigenvalue weighted by Gasteiger charge is -2.02. The summed E-state index contributed by atoms with van der Waals surface area (Å²) in [5.41, 5.74) is 2.92. The lowest BCUT2D eigenvalue weighted by Crippen LogP contribution is -1.86. The number of rotatable bonds is 1. The Hall–Kier alpha value is -1.81. The van der Waals surface area contributed by atoms with E-state index in [9.17, 15) is 0 Å². The van der Waals surface area contributed by atoms with Crippen LogP contribution in [-0.4, -0.2) is 14.8 Å². The van der Waals surface area contributed by atoms with Crippen molar-refractivity contribution in [2.24, 2.45) is 7.05 Å². The molecule has 0 saturated carbocycles. The van der Waals surface area contributed by atoms with Gasteiger partial charge in [0, 0.05) is 29.1 Å². The fourth-order valence-corrected chi connectivity index (χ4v) is 2.13. The molecule has 2 aromatic heterocycles. The Bertz CT molecular complexity index is 688. The molecule has 17 heavy (non-hydrogen) atoms. The summed E-state index contributed by atoms with van der Waals surface area (Å²) in [6.07, 6.45) is 3.78. The molecule has 0 fully saturated rings. The molecule has 1 aromatic carbocycles. The third-order valence-electron chi connectivity index (χ3n) is 2.71. The van der Waals surface area contributed by atoms with E-state index in [1.807, 2.05) is 49.8 Å². The number of thiol groups is 1. The average Bonchev–Trinajstić information content (AvgIpc) is 2.76. The van der Waals surface area contributed by atoms with Crippen molar-refractivity contribution in [1.29, 1.82) is 0 Å². The van der Waals surface area contributed by atoms with Gasteiger partial charge in [-0.15, -0.1) is 12.6 Å². The normalized spacial score (nSPS) is 10.9. The van der Waals surface area contributed by atoms with Crippen LogP contribution in [0.3, 0.4) is 0 Å². The predicted molar refractivity (Wildman–Crippen MR) is 71.2 cm³/mol. The van der Waals surface area contributed by atoms with Gasteiger partial charge in [-0.2, -0.15) is 5.10 Å². The molecule has 0 aliphatic heterocycles. The maximum atomic E-state index is 4.62. The summed E-state index contributed by atoms with van der Waals surface area (Å²) in [5.74, 6) is 0. The largest absolute Gasteiger partial charge is 0.275 e. The second kappa shape index (κ2) is 3.89. The highest BCUT2D eigenvalue weighted by atomic mass is 32.1. The first-order valence-electron chi connectivity index (χ1n) is 5.32. The Morgan fingerprint density at radius 3 is 2.82 bits per heavy atom. The molecule has 84 valence electrons. The van der Waals surface area contributed by atoms with Crippen LogP contribution in [0.5, 0.6) is 0 Å². The number of fused-ring (bicyclic) bond motifs is 1. The van der Waals surface area contributed by atoms with Gasteiger partial charge in [-0.25, -0.2) is 4.98 Å². The van der Waals surface area contributed by atoms with E-state index in [2.05, 4.69) is 22.7 Å². The Morgan fingerprint density at radius 2 is 2.06 bits per heavy atom. The first-order chi connectivity index (χ1) is 8.24. The fraction of sp³-hybridized carbons (Fsp3) is 0.0769. The fourth-order valence-electron chi connectivity index (χ4n) is 1.85. The van der Waals surface area contributed by atoms with Gasteiger partial charge in [-0.3, -0.25) is 4.68 Å². The van der Waals surface area contributed by atoms with Gasteiger partial charge in [0.15, 0.2) is 0 Å². The van der Waals surface area contributed by atoms with Crippen molar-refractivity contribution >= 4 is 23.5 Å². The third-order valence-corrected chi connectivity index (χ3v) is 3.10. The minimum atomic E-state index is 0.935. The van der Waals surface area contributed by atoms with E-state index >= 15 is 0 Å². The summed E-state index contributed by atoms with van der Waals surface area (Å²) in [4.78, 5) is 5.57. The Kier molecular flexibility index (Phi) is 2.37. The minimum Gasteiger partial charge on any atom is -0.275 e. The molecule has 0 radical (unpaired) electrons. The molecule has 0 N–H and O–H groups in total. The molecule has 0 aliphatic rings. The molecule has 0 saturated heterocycles. The third kappa shape index (κ3) is 1.80. The van der Waals surface area contributed by atoms with Crippen molar-refractivity contribution in [1.82, 2.24) is 14.8 Å². The molecule has 4 heteroatoms. The van der Waals surface area contributed by atoms with Gasteiger partial charge in [0.25, 0.3) is 0 Å². The molecule has 0 spiro atoms. The van der Waals surface area contributed by atoms with Crippen LogP contribution in [0.4, 0.5) is 0 Å². The first kappa shape index (κ1) is 10.4. The number of aryl methyl sites for hydroxylation is 1. The van der Waals surface area contributed by atoms with E-state index in [1.54, 1.807) is 4.68 Å². The Labute approximate surface area is 105 Å². The minimum absolute atomic E-state index is 0.935. The highest BCUT2D eigenvalue weighted by Crippen LogP contribution is 2.24. The maximum Gasteiger partial charge on any atom is 0.0741 e. The van der Waals surface area contributed by atoms with Crippen molar-refractivity contribution in [3.05, 3.63) is 42.7 Å². The molecule has 0 unspecified atom stereocenters. The molecule has 0 amide bonds. The second-order valence-corrected chi connectivity index (χ2v) is 4.42. The van der Waals surface area contributed by atoms with E-state index in [1.165, 1.54) is 0 Å². The maximum absolute atomic E-state index is 4.62. The zero-order valence-corrected chi connectivity index (χ0v) is 10.2. The molecule has 0 atom stereocenters. The number of hydrogen-bond donors (Lipinski definition) is 1. The molecule has 2 heterocycles. The van der Waals surface area contributed by atoms with Crippen molar-refractivity contribution in [2.45, 2.75) is 4.90 Å². The topological polar surface area (TPSA) is 30.7 Å². The molecule has 3 nitrogen and oxygen atoms in total. The molecule has 0 aliphatic carbocycles. The molecular weight excluding hydrogens is 230 g/mol. The van der Waals surface area contributed by atoms with Crippen LogP contribution in [0.2, 0.25) is 0 Å². The van der Waals surface area contributed by atoms with Gasteiger partial charge in [0.2, 0.25) is 0 Å². The summed E-state index contributed by atoms with van der Waals surface area (Å²) in [6.45, 7) is 0. The van der Waals surface area contributed by atoms with Crippen LogP contribution in [-0.2, 0) is 7.05 Å². The quantitative estimate of drug-likeness (QED) is 0.664. The average molecular weight is 241 g/mol. The number of pyridine rings is 1. The van der Waals surface area contributed by atoms with Crippen LogP contribution in [0, 0.1) is 0 Å². The predicted octanol–water partition coefficient (Wildman–Crippen LogP) is 2.92. The number of aromatic nitrogens is 3. The number of nitrogens with zero attached hydrogens (tertiary/aromatic N) is 3. The van der Waals surface area contributed by atoms with Crippen LogP contribution < -0.4 is 0 Å². The summed E-state index contributed by atoms with van der Waals surface area (Å²) >= 11 is 4.42. The summed E-state index contributed by atoms with van der Waals surface area (Å²) in [5, 5.41) is 5.22. The standard InChI is InChI=1S/C13H11N3S/c1-16-8-9(7-14-16)11-6-5-10-12(15-11)3-2-4-13(10)17/h2-8,17H,1H3. The van der Waals surface area contributed by atoms with Crippen LogP contribution >= 0.6 is 12.6 Å². The molecular formula is C13H11N3S. The van der Waals surface area contributed by atoms with Crippen molar-refractivity contribution in [3.8, 4) is 11.3 Å². The Morgan fingerprint density at radius 1 is 1.18 bits per heavy atom. The lowest BCUT2D eigenvalue weighted by atomic mass is 10.1. The van der Waals surface area contributed by atoms with Crippen molar-refractivity contribution < 1.29 is 0 Å². The van der Waals surface area contributed by atoms with E-state index in [0.29, 0.717) is 0 Å². The van der Waals surface area contributed by atoms with Crippen LogP contribution in [0.15, 0.2) is 47.6 Å². The van der Waals surface area contributed by atoms with Crippen LogP contribution in [0.25, 0.3) is 22.2 Å². The van der Waals surface area contributed by atoms with E-state index in [0.717, 1.165) is 27.1 Å².